The largest absolute Gasteiger partial charge is 0.318 e. The van der Waals surface area contributed by atoms with Crippen LogP contribution in [0.3, 0.4) is 0 Å². The quantitative estimate of drug-likeness (QED) is 0.635. The fourth-order valence-corrected chi connectivity index (χ4v) is 1.84. The van der Waals surface area contributed by atoms with Crippen LogP contribution in [0.15, 0.2) is 12.2 Å². The zero-order valence-electron chi connectivity index (χ0n) is 8.21. The first-order chi connectivity index (χ1) is 5.88. The van der Waals surface area contributed by atoms with E-state index in [1.54, 1.807) is 0 Å². The highest BCUT2D eigenvalue weighted by Crippen LogP contribution is 2.15. The van der Waals surface area contributed by atoms with Crippen molar-refractivity contribution < 1.29 is 0 Å². The SMILES string of the molecule is C/C=C/CN1CCCC1CNC. The molecular formula is C10H20N2. The maximum Gasteiger partial charge on any atom is 0.0224 e. The summed E-state index contributed by atoms with van der Waals surface area (Å²) in [6.07, 6.45) is 7.10. The number of rotatable bonds is 4. The van der Waals surface area contributed by atoms with E-state index >= 15 is 0 Å². The molecule has 1 unspecified atom stereocenters. The van der Waals surface area contributed by atoms with Gasteiger partial charge >= 0.3 is 0 Å². The Kier molecular flexibility index (Phi) is 4.33. The lowest BCUT2D eigenvalue weighted by Crippen LogP contribution is -2.36. The normalized spacial score (nSPS) is 25.7. The second kappa shape index (κ2) is 5.33. The predicted molar refractivity (Wildman–Crippen MR) is 53.3 cm³/mol. The van der Waals surface area contributed by atoms with Crippen molar-refractivity contribution >= 4 is 0 Å². The third kappa shape index (κ3) is 2.61. The fraction of sp³-hybridized carbons (Fsp3) is 0.800. The van der Waals surface area contributed by atoms with Crippen LogP contribution in [-0.4, -0.2) is 37.6 Å². The molecule has 1 aliphatic heterocycles. The molecule has 2 heteroatoms. The average molecular weight is 168 g/mol. The van der Waals surface area contributed by atoms with Crippen molar-refractivity contribution in [2.75, 3.05) is 26.7 Å². The summed E-state index contributed by atoms with van der Waals surface area (Å²) < 4.78 is 0. The molecule has 1 aliphatic rings. The number of likely N-dealkylation sites (N-methyl/N-ethyl adjacent to an activating group) is 1. The van der Waals surface area contributed by atoms with E-state index in [-0.39, 0.29) is 0 Å². The van der Waals surface area contributed by atoms with Crippen LogP contribution < -0.4 is 5.32 Å². The van der Waals surface area contributed by atoms with Crippen molar-refractivity contribution in [3.8, 4) is 0 Å². The molecule has 0 aromatic carbocycles. The highest BCUT2D eigenvalue weighted by atomic mass is 15.2. The molecule has 0 amide bonds. The minimum Gasteiger partial charge on any atom is -0.318 e. The molecule has 0 aliphatic carbocycles. The van der Waals surface area contributed by atoms with Gasteiger partial charge in [0.15, 0.2) is 0 Å². The fourth-order valence-electron chi connectivity index (χ4n) is 1.84. The Morgan fingerprint density at radius 1 is 1.58 bits per heavy atom. The first-order valence-electron chi connectivity index (χ1n) is 4.88. The Hall–Kier alpha value is -0.340. The number of allylic oxidation sites excluding steroid dienone is 1. The van der Waals surface area contributed by atoms with Crippen LogP contribution in [-0.2, 0) is 0 Å². The van der Waals surface area contributed by atoms with Crippen LogP contribution in [0.1, 0.15) is 19.8 Å². The van der Waals surface area contributed by atoms with E-state index in [0.29, 0.717) is 0 Å². The van der Waals surface area contributed by atoms with Crippen LogP contribution in [0.4, 0.5) is 0 Å². The summed E-state index contributed by atoms with van der Waals surface area (Å²) in [5.74, 6) is 0. The third-order valence-electron chi connectivity index (χ3n) is 2.51. The van der Waals surface area contributed by atoms with Crippen LogP contribution in [0, 0.1) is 0 Å². The van der Waals surface area contributed by atoms with E-state index in [9.17, 15) is 0 Å². The average Bonchev–Trinajstić information content (AvgIpc) is 2.50. The van der Waals surface area contributed by atoms with E-state index in [1.165, 1.54) is 19.4 Å². The Morgan fingerprint density at radius 3 is 3.08 bits per heavy atom. The van der Waals surface area contributed by atoms with Gasteiger partial charge in [-0.05, 0) is 33.4 Å². The van der Waals surface area contributed by atoms with Gasteiger partial charge in [0.2, 0.25) is 0 Å². The summed E-state index contributed by atoms with van der Waals surface area (Å²) in [5.41, 5.74) is 0. The van der Waals surface area contributed by atoms with E-state index in [1.807, 2.05) is 7.05 Å². The van der Waals surface area contributed by atoms with Gasteiger partial charge in [-0.25, -0.2) is 0 Å². The van der Waals surface area contributed by atoms with E-state index in [2.05, 4.69) is 29.3 Å². The summed E-state index contributed by atoms with van der Waals surface area (Å²) in [4.78, 5) is 2.55. The van der Waals surface area contributed by atoms with Gasteiger partial charge in [-0.1, -0.05) is 12.2 Å². The number of likely N-dealkylation sites (tertiary alicyclic amines) is 1. The van der Waals surface area contributed by atoms with Gasteiger partial charge in [0.25, 0.3) is 0 Å². The Morgan fingerprint density at radius 2 is 2.42 bits per heavy atom. The second-order valence-corrected chi connectivity index (χ2v) is 3.42. The minimum atomic E-state index is 0.770. The number of hydrogen-bond acceptors (Lipinski definition) is 2. The highest BCUT2D eigenvalue weighted by Gasteiger charge is 2.21. The molecule has 0 radical (unpaired) electrons. The summed E-state index contributed by atoms with van der Waals surface area (Å²) in [5, 5.41) is 3.25. The van der Waals surface area contributed by atoms with E-state index in [0.717, 1.165) is 19.1 Å². The molecule has 1 heterocycles. The molecule has 12 heavy (non-hydrogen) atoms. The Bertz CT molecular complexity index is 143. The van der Waals surface area contributed by atoms with Crippen molar-refractivity contribution in [2.45, 2.75) is 25.8 Å². The van der Waals surface area contributed by atoms with Crippen LogP contribution >= 0.6 is 0 Å². The zero-order valence-corrected chi connectivity index (χ0v) is 8.21. The van der Waals surface area contributed by atoms with Gasteiger partial charge in [0.05, 0.1) is 0 Å². The molecule has 70 valence electrons. The zero-order chi connectivity index (χ0) is 8.81. The smallest absolute Gasteiger partial charge is 0.0224 e. The van der Waals surface area contributed by atoms with Crippen LogP contribution in [0.2, 0.25) is 0 Å². The number of nitrogens with one attached hydrogen (secondary N) is 1. The van der Waals surface area contributed by atoms with Gasteiger partial charge in [-0.2, -0.15) is 0 Å². The molecule has 1 atom stereocenters. The van der Waals surface area contributed by atoms with Crippen molar-refractivity contribution in [3.63, 3.8) is 0 Å². The van der Waals surface area contributed by atoms with Crippen LogP contribution in [0.5, 0.6) is 0 Å². The molecule has 1 saturated heterocycles. The topological polar surface area (TPSA) is 15.3 Å². The maximum atomic E-state index is 3.25. The summed E-state index contributed by atoms with van der Waals surface area (Å²) >= 11 is 0. The monoisotopic (exact) mass is 168 g/mol. The van der Waals surface area contributed by atoms with Gasteiger partial charge < -0.3 is 5.32 Å². The lowest BCUT2D eigenvalue weighted by Gasteiger charge is -2.22. The van der Waals surface area contributed by atoms with Gasteiger partial charge in [0, 0.05) is 19.1 Å². The summed E-state index contributed by atoms with van der Waals surface area (Å²) in [6.45, 7) is 5.63. The molecule has 0 aromatic heterocycles. The first-order valence-corrected chi connectivity index (χ1v) is 4.88. The van der Waals surface area contributed by atoms with Crippen molar-refractivity contribution in [1.29, 1.82) is 0 Å². The molecule has 2 nitrogen and oxygen atoms in total. The van der Waals surface area contributed by atoms with Gasteiger partial charge in [0.1, 0.15) is 0 Å². The molecule has 1 N–H and O–H groups in total. The van der Waals surface area contributed by atoms with Crippen molar-refractivity contribution in [1.82, 2.24) is 10.2 Å². The first kappa shape index (κ1) is 9.75. The predicted octanol–water partition coefficient (Wildman–Crippen LogP) is 1.25. The molecule has 1 fully saturated rings. The summed E-state index contributed by atoms with van der Waals surface area (Å²) in [6, 6.07) is 0.770. The van der Waals surface area contributed by atoms with Crippen molar-refractivity contribution in [2.24, 2.45) is 0 Å². The van der Waals surface area contributed by atoms with Crippen LogP contribution in [0.25, 0.3) is 0 Å². The third-order valence-corrected chi connectivity index (χ3v) is 2.51. The molecule has 0 spiro atoms. The van der Waals surface area contributed by atoms with Gasteiger partial charge in [-0.15, -0.1) is 0 Å². The number of nitrogens with zero attached hydrogens (tertiary/aromatic N) is 1. The molecule has 0 aromatic rings. The molecule has 1 rings (SSSR count). The molecule has 0 bridgehead atoms. The number of hydrogen-bond donors (Lipinski definition) is 1. The highest BCUT2D eigenvalue weighted by molar-refractivity contribution is 4.88. The van der Waals surface area contributed by atoms with E-state index in [4.69, 9.17) is 0 Å². The molecular weight excluding hydrogens is 148 g/mol. The Balaban J connectivity index is 2.30. The molecule has 0 saturated carbocycles. The van der Waals surface area contributed by atoms with E-state index < -0.39 is 0 Å². The second-order valence-electron chi connectivity index (χ2n) is 3.42. The minimum absolute atomic E-state index is 0.770. The van der Waals surface area contributed by atoms with Gasteiger partial charge in [-0.3, -0.25) is 4.90 Å². The lowest BCUT2D eigenvalue weighted by molar-refractivity contribution is 0.276. The van der Waals surface area contributed by atoms with Crippen molar-refractivity contribution in [3.05, 3.63) is 12.2 Å². The lowest BCUT2D eigenvalue weighted by atomic mass is 10.2. The summed E-state index contributed by atoms with van der Waals surface area (Å²) in [7, 11) is 2.03. The standard InChI is InChI=1S/C10H20N2/c1-3-4-7-12-8-5-6-10(12)9-11-2/h3-4,10-11H,5-9H2,1-2H3/b4-3+. The Labute approximate surface area is 75.6 Å². The maximum absolute atomic E-state index is 3.25.